The molecule has 1 N–H and O–H groups in total. The summed E-state index contributed by atoms with van der Waals surface area (Å²) in [4.78, 5) is 2.78. The number of hydrogen-bond acceptors (Lipinski definition) is 2. The van der Waals surface area contributed by atoms with Crippen molar-refractivity contribution in [2.24, 2.45) is 5.92 Å². The Morgan fingerprint density at radius 1 is 1.24 bits per heavy atom. The first kappa shape index (κ1) is 15.3. The van der Waals surface area contributed by atoms with E-state index in [9.17, 15) is 0 Å². The molecule has 0 radical (unpaired) electrons. The van der Waals surface area contributed by atoms with Crippen LogP contribution in [0.3, 0.4) is 0 Å². The molecular formula is C18H27ClN2. The molecule has 1 aromatic rings. The van der Waals surface area contributed by atoms with Crippen molar-refractivity contribution in [3.05, 3.63) is 34.9 Å². The molecule has 1 unspecified atom stereocenters. The van der Waals surface area contributed by atoms with Crippen LogP contribution in [0.1, 0.15) is 50.6 Å². The van der Waals surface area contributed by atoms with Gasteiger partial charge >= 0.3 is 0 Å². The quantitative estimate of drug-likeness (QED) is 0.845. The molecular weight excluding hydrogens is 280 g/mol. The van der Waals surface area contributed by atoms with E-state index in [0.29, 0.717) is 6.04 Å². The van der Waals surface area contributed by atoms with E-state index in [1.54, 1.807) is 0 Å². The standard InChI is InChI=1S/C18H27ClN2/c1-2-18(15-4-3-5-16(19)12-15)21(17-6-7-17)13-14-8-10-20-11-9-14/h3-5,12,14,17-18,20H,2,6-11,13H2,1H3. The van der Waals surface area contributed by atoms with Crippen molar-refractivity contribution in [2.45, 2.75) is 51.1 Å². The van der Waals surface area contributed by atoms with Gasteiger partial charge in [0.25, 0.3) is 0 Å². The summed E-state index contributed by atoms with van der Waals surface area (Å²) in [6.07, 6.45) is 6.58. The first-order chi connectivity index (χ1) is 10.3. The SMILES string of the molecule is CCC(c1cccc(Cl)c1)N(CC1CCNCC1)C1CC1. The summed E-state index contributed by atoms with van der Waals surface area (Å²) in [6.45, 7) is 5.95. The largest absolute Gasteiger partial charge is 0.317 e. The Morgan fingerprint density at radius 2 is 2.00 bits per heavy atom. The molecule has 1 aliphatic heterocycles. The van der Waals surface area contributed by atoms with Gasteiger partial charge in [-0.15, -0.1) is 0 Å². The van der Waals surface area contributed by atoms with Crippen molar-refractivity contribution >= 4 is 11.6 Å². The molecule has 0 bridgehead atoms. The third-order valence-corrected chi connectivity index (χ3v) is 5.20. The maximum atomic E-state index is 6.21. The number of piperidine rings is 1. The van der Waals surface area contributed by atoms with E-state index >= 15 is 0 Å². The lowest BCUT2D eigenvalue weighted by Gasteiger charge is -2.36. The fourth-order valence-electron chi connectivity index (χ4n) is 3.67. The molecule has 0 amide bonds. The number of nitrogens with one attached hydrogen (secondary N) is 1. The normalized spacial score (nSPS) is 21.7. The molecule has 3 rings (SSSR count). The van der Waals surface area contributed by atoms with E-state index in [0.717, 1.165) is 17.0 Å². The predicted octanol–water partition coefficient (Wildman–Crippen LogP) is 4.26. The van der Waals surface area contributed by atoms with E-state index in [4.69, 9.17) is 11.6 Å². The van der Waals surface area contributed by atoms with Crippen LogP contribution in [0.5, 0.6) is 0 Å². The minimum Gasteiger partial charge on any atom is -0.317 e. The maximum absolute atomic E-state index is 6.21. The summed E-state index contributed by atoms with van der Waals surface area (Å²) >= 11 is 6.21. The van der Waals surface area contributed by atoms with Gasteiger partial charge in [-0.25, -0.2) is 0 Å². The molecule has 1 aromatic carbocycles. The second-order valence-corrected chi connectivity index (χ2v) is 7.04. The van der Waals surface area contributed by atoms with Gasteiger partial charge in [-0.3, -0.25) is 4.90 Å². The summed E-state index contributed by atoms with van der Waals surface area (Å²) in [5, 5.41) is 4.34. The van der Waals surface area contributed by atoms with Crippen LogP contribution in [-0.4, -0.2) is 30.6 Å². The second-order valence-electron chi connectivity index (χ2n) is 6.60. The molecule has 2 aliphatic rings. The molecule has 1 saturated carbocycles. The molecule has 0 spiro atoms. The Labute approximate surface area is 133 Å². The molecule has 2 fully saturated rings. The molecule has 3 heteroatoms. The first-order valence-electron chi connectivity index (χ1n) is 8.50. The van der Waals surface area contributed by atoms with Crippen LogP contribution in [0.25, 0.3) is 0 Å². The van der Waals surface area contributed by atoms with Gasteiger partial charge in [-0.1, -0.05) is 30.7 Å². The maximum Gasteiger partial charge on any atom is 0.0409 e. The average Bonchev–Trinajstić information content (AvgIpc) is 3.33. The summed E-state index contributed by atoms with van der Waals surface area (Å²) in [6, 6.07) is 9.82. The van der Waals surface area contributed by atoms with E-state index in [-0.39, 0.29) is 0 Å². The number of benzene rings is 1. The lowest BCUT2D eigenvalue weighted by Crippen LogP contribution is -2.39. The molecule has 21 heavy (non-hydrogen) atoms. The number of nitrogens with zero attached hydrogens (tertiary/aromatic N) is 1. The van der Waals surface area contributed by atoms with Crippen LogP contribution in [0, 0.1) is 5.92 Å². The predicted molar refractivity (Wildman–Crippen MR) is 89.8 cm³/mol. The topological polar surface area (TPSA) is 15.3 Å². The van der Waals surface area contributed by atoms with Gasteiger partial charge in [0, 0.05) is 23.7 Å². The van der Waals surface area contributed by atoms with Gasteiger partial charge in [0.05, 0.1) is 0 Å². The summed E-state index contributed by atoms with van der Waals surface area (Å²) in [5.41, 5.74) is 1.39. The molecule has 1 heterocycles. The fraction of sp³-hybridized carbons (Fsp3) is 0.667. The average molecular weight is 307 g/mol. The van der Waals surface area contributed by atoms with Crippen LogP contribution in [0.2, 0.25) is 5.02 Å². The highest BCUT2D eigenvalue weighted by molar-refractivity contribution is 6.30. The molecule has 1 atom stereocenters. The number of rotatable bonds is 6. The van der Waals surface area contributed by atoms with E-state index < -0.39 is 0 Å². The Kier molecular flexibility index (Phi) is 5.20. The van der Waals surface area contributed by atoms with Gasteiger partial charge in [0.2, 0.25) is 0 Å². The molecule has 116 valence electrons. The summed E-state index contributed by atoms with van der Waals surface area (Å²) < 4.78 is 0. The highest BCUT2D eigenvalue weighted by atomic mass is 35.5. The van der Waals surface area contributed by atoms with Crippen molar-refractivity contribution in [1.29, 1.82) is 0 Å². The zero-order chi connectivity index (χ0) is 14.7. The zero-order valence-corrected chi connectivity index (χ0v) is 13.8. The molecule has 1 aliphatic carbocycles. The van der Waals surface area contributed by atoms with Crippen LogP contribution in [-0.2, 0) is 0 Å². The van der Waals surface area contributed by atoms with Gasteiger partial charge in [0.1, 0.15) is 0 Å². The third kappa shape index (κ3) is 4.00. The molecule has 2 nitrogen and oxygen atoms in total. The van der Waals surface area contributed by atoms with Crippen molar-refractivity contribution in [1.82, 2.24) is 10.2 Å². The fourth-order valence-corrected chi connectivity index (χ4v) is 3.87. The van der Waals surface area contributed by atoms with Crippen LogP contribution < -0.4 is 5.32 Å². The Balaban J connectivity index is 1.74. The molecule has 0 aromatic heterocycles. The highest BCUT2D eigenvalue weighted by Gasteiger charge is 2.35. The smallest absolute Gasteiger partial charge is 0.0409 e. The second kappa shape index (κ2) is 7.13. The van der Waals surface area contributed by atoms with Crippen molar-refractivity contribution in [2.75, 3.05) is 19.6 Å². The van der Waals surface area contributed by atoms with Gasteiger partial charge < -0.3 is 5.32 Å². The minimum absolute atomic E-state index is 0.533. The van der Waals surface area contributed by atoms with E-state index in [1.165, 1.54) is 57.3 Å². The minimum atomic E-state index is 0.533. The highest BCUT2D eigenvalue weighted by Crippen LogP contribution is 2.38. The Bertz CT molecular complexity index is 452. The summed E-state index contributed by atoms with van der Waals surface area (Å²) in [7, 11) is 0. The Hall–Kier alpha value is -0.570. The van der Waals surface area contributed by atoms with Crippen molar-refractivity contribution < 1.29 is 0 Å². The Morgan fingerprint density at radius 3 is 2.62 bits per heavy atom. The van der Waals surface area contributed by atoms with Gasteiger partial charge in [-0.05, 0) is 68.8 Å². The van der Waals surface area contributed by atoms with Crippen LogP contribution in [0.4, 0.5) is 0 Å². The van der Waals surface area contributed by atoms with Crippen molar-refractivity contribution in [3.8, 4) is 0 Å². The first-order valence-corrected chi connectivity index (χ1v) is 8.87. The molecule has 1 saturated heterocycles. The zero-order valence-electron chi connectivity index (χ0n) is 13.0. The summed E-state index contributed by atoms with van der Waals surface area (Å²) in [5.74, 6) is 0.861. The van der Waals surface area contributed by atoms with Crippen molar-refractivity contribution in [3.63, 3.8) is 0 Å². The number of hydrogen-bond donors (Lipinski definition) is 1. The van der Waals surface area contributed by atoms with Gasteiger partial charge in [0.15, 0.2) is 0 Å². The lowest BCUT2D eigenvalue weighted by atomic mass is 9.95. The third-order valence-electron chi connectivity index (χ3n) is 4.96. The number of halogens is 1. The van der Waals surface area contributed by atoms with Gasteiger partial charge in [-0.2, -0.15) is 0 Å². The lowest BCUT2D eigenvalue weighted by molar-refractivity contribution is 0.139. The van der Waals surface area contributed by atoms with E-state index in [2.05, 4.69) is 35.3 Å². The van der Waals surface area contributed by atoms with Crippen LogP contribution >= 0.6 is 11.6 Å². The van der Waals surface area contributed by atoms with Crippen LogP contribution in [0.15, 0.2) is 24.3 Å². The van der Waals surface area contributed by atoms with E-state index in [1.807, 2.05) is 6.07 Å². The monoisotopic (exact) mass is 306 g/mol.